The second kappa shape index (κ2) is 8.05. The summed E-state index contributed by atoms with van der Waals surface area (Å²) in [5.74, 6) is -1.42. The minimum absolute atomic E-state index is 0.00133. The lowest BCUT2D eigenvalue weighted by molar-refractivity contribution is -0.141. The smallest absolute Gasteiger partial charge is 0.337 e. The number of hydrogen-bond acceptors (Lipinski definition) is 5. The molecule has 0 fully saturated rings. The second-order valence-corrected chi connectivity index (χ2v) is 7.24. The number of carbonyl (C=O) groups excluding carboxylic acids is 2. The van der Waals surface area contributed by atoms with Gasteiger partial charge >= 0.3 is 6.18 Å². The van der Waals surface area contributed by atoms with E-state index in [1.165, 1.54) is 19.2 Å². The summed E-state index contributed by atoms with van der Waals surface area (Å²) in [5.41, 5.74) is -0.340. The minimum atomic E-state index is -4.63. The number of nitrogens with one attached hydrogen (secondary N) is 2. The van der Waals surface area contributed by atoms with Crippen LogP contribution >= 0.6 is 0 Å². The number of aromatic nitrogens is 5. The number of nitrogens with zero attached hydrogens (tertiary/aromatic N) is 5. The Morgan fingerprint density at radius 1 is 1.25 bits per heavy atom. The highest BCUT2D eigenvalue weighted by Gasteiger charge is 2.38. The molecule has 2 N–H and O–H groups in total. The first kappa shape index (κ1) is 21.5. The standard InChI is InChI=1S/C19H17F4N7O2/c1-29-15-9-13(19(21,22)23)28-30(15)7-6-12(18(29)32)24-17(31)16-25-14(26-27-16)8-10-2-4-11(20)5-3-10/h2-5,9,12H,6-8H2,1H3,(H,24,31)(H,25,26,27). The van der Waals surface area contributed by atoms with Crippen molar-refractivity contribution in [2.45, 2.75) is 31.6 Å². The molecule has 13 heteroatoms. The Bertz CT molecular complexity index is 1150. The van der Waals surface area contributed by atoms with Gasteiger partial charge in [-0.1, -0.05) is 12.1 Å². The van der Waals surface area contributed by atoms with Gasteiger partial charge in [0.2, 0.25) is 5.82 Å². The van der Waals surface area contributed by atoms with E-state index in [0.29, 0.717) is 5.82 Å². The van der Waals surface area contributed by atoms with Crippen molar-refractivity contribution in [1.82, 2.24) is 30.3 Å². The highest BCUT2D eigenvalue weighted by Crippen LogP contribution is 2.32. The van der Waals surface area contributed by atoms with E-state index in [9.17, 15) is 27.2 Å². The zero-order valence-corrected chi connectivity index (χ0v) is 16.6. The molecule has 0 bridgehead atoms. The number of alkyl halides is 3. The molecule has 32 heavy (non-hydrogen) atoms. The topological polar surface area (TPSA) is 109 Å². The fourth-order valence-electron chi connectivity index (χ4n) is 3.34. The largest absolute Gasteiger partial charge is 0.435 e. The van der Waals surface area contributed by atoms with Crippen molar-refractivity contribution in [1.29, 1.82) is 0 Å². The molecular formula is C19H17F4N7O2. The molecule has 0 spiro atoms. The van der Waals surface area contributed by atoms with E-state index >= 15 is 0 Å². The molecule has 4 rings (SSSR count). The Balaban J connectivity index is 1.43. The highest BCUT2D eigenvalue weighted by molar-refractivity contribution is 6.00. The molecule has 0 radical (unpaired) electrons. The number of benzene rings is 1. The number of carbonyl (C=O) groups is 2. The number of likely N-dealkylation sites (N-methyl/N-ethyl adjacent to an activating group) is 1. The van der Waals surface area contributed by atoms with Gasteiger partial charge in [0, 0.05) is 26.1 Å². The van der Waals surface area contributed by atoms with Gasteiger partial charge < -0.3 is 10.3 Å². The zero-order chi connectivity index (χ0) is 23.0. The predicted molar refractivity (Wildman–Crippen MR) is 102 cm³/mol. The fraction of sp³-hybridized carbons (Fsp3) is 0.316. The first-order valence-electron chi connectivity index (χ1n) is 9.51. The number of hydrogen-bond donors (Lipinski definition) is 2. The summed E-state index contributed by atoms with van der Waals surface area (Å²) in [6.45, 7) is -0.00133. The van der Waals surface area contributed by atoms with Crippen molar-refractivity contribution in [3.8, 4) is 0 Å². The van der Waals surface area contributed by atoms with Crippen LogP contribution in [0.3, 0.4) is 0 Å². The average Bonchev–Trinajstić information content (AvgIpc) is 3.36. The predicted octanol–water partition coefficient (Wildman–Crippen LogP) is 1.91. The lowest BCUT2D eigenvalue weighted by Gasteiger charge is -2.20. The van der Waals surface area contributed by atoms with Gasteiger partial charge in [-0.2, -0.15) is 18.3 Å². The van der Waals surface area contributed by atoms with Gasteiger partial charge in [-0.25, -0.2) is 9.07 Å². The summed E-state index contributed by atoms with van der Waals surface area (Å²) in [7, 11) is 1.32. The second-order valence-electron chi connectivity index (χ2n) is 7.24. The number of halogens is 4. The van der Waals surface area contributed by atoms with E-state index in [1.54, 1.807) is 12.1 Å². The molecule has 1 atom stereocenters. The van der Waals surface area contributed by atoms with Crippen molar-refractivity contribution in [3.63, 3.8) is 0 Å². The van der Waals surface area contributed by atoms with Crippen molar-refractivity contribution in [2.24, 2.45) is 0 Å². The maximum absolute atomic E-state index is 13.0. The summed E-state index contributed by atoms with van der Waals surface area (Å²) >= 11 is 0. The van der Waals surface area contributed by atoms with Crippen molar-refractivity contribution in [3.05, 3.63) is 59.1 Å². The molecule has 1 aromatic carbocycles. The molecule has 0 saturated heterocycles. The lowest BCUT2D eigenvalue weighted by Crippen LogP contribution is -2.47. The summed E-state index contributed by atoms with van der Waals surface area (Å²) in [5, 5.41) is 13.7. The monoisotopic (exact) mass is 451 g/mol. The van der Waals surface area contributed by atoms with Gasteiger partial charge in [-0.15, -0.1) is 10.2 Å². The fourth-order valence-corrected chi connectivity index (χ4v) is 3.34. The van der Waals surface area contributed by atoms with Crippen LogP contribution < -0.4 is 10.2 Å². The number of anilines is 1. The third kappa shape index (κ3) is 4.31. The Kier molecular flexibility index (Phi) is 5.40. The summed E-state index contributed by atoms with van der Waals surface area (Å²) in [6.07, 6.45) is -4.31. The maximum Gasteiger partial charge on any atom is 0.435 e. The molecule has 1 aliphatic rings. The first-order chi connectivity index (χ1) is 15.1. The quantitative estimate of drug-likeness (QED) is 0.590. The van der Waals surface area contributed by atoms with Gasteiger partial charge in [-0.3, -0.25) is 14.5 Å². The molecule has 9 nitrogen and oxygen atoms in total. The van der Waals surface area contributed by atoms with E-state index in [1.807, 2.05) is 0 Å². The molecule has 3 heterocycles. The van der Waals surface area contributed by atoms with Gasteiger partial charge in [0.05, 0.1) is 0 Å². The van der Waals surface area contributed by atoms with Crippen LogP contribution in [-0.2, 0) is 23.9 Å². The third-order valence-corrected chi connectivity index (χ3v) is 4.99. The molecule has 2 amide bonds. The SMILES string of the molecule is CN1C(=O)C(NC(=O)c2nnc(Cc3ccc(F)cc3)[nH]2)CCn2nc(C(F)(F)F)cc21. The Hall–Kier alpha value is -3.77. The zero-order valence-electron chi connectivity index (χ0n) is 16.6. The van der Waals surface area contributed by atoms with Crippen molar-refractivity contribution < 1.29 is 27.2 Å². The van der Waals surface area contributed by atoms with E-state index in [2.05, 4.69) is 25.6 Å². The molecule has 168 valence electrons. The van der Waals surface area contributed by atoms with Gasteiger partial charge in [0.25, 0.3) is 11.8 Å². The molecule has 0 aliphatic carbocycles. The van der Waals surface area contributed by atoms with Crippen molar-refractivity contribution >= 4 is 17.6 Å². The number of amides is 2. The van der Waals surface area contributed by atoms with Crippen LogP contribution in [-0.4, -0.2) is 49.9 Å². The van der Waals surface area contributed by atoms with Crippen LogP contribution in [0, 0.1) is 5.82 Å². The summed E-state index contributed by atoms with van der Waals surface area (Å²) in [6, 6.07) is 5.55. The number of aryl methyl sites for hydroxylation is 1. The molecule has 2 aromatic heterocycles. The molecule has 3 aromatic rings. The van der Waals surface area contributed by atoms with E-state index in [4.69, 9.17) is 0 Å². The van der Waals surface area contributed by atoms with E-state index in [-0.39, 0.29) is 36.8 Å². The number of H-pyrrole nitrogens is 1. The number of rotatable bonds is 4. The van der Waals surface area contributed by atoms with Crippen LogP contribution in [0.25, 0.3) is 0 Å². The Labute approximate surface area is 178 Å². The summed E-state index contributed by atoms with van der Waals surface area (Å²) in [4.78, 5) is 29.0. The van der Waals surface area contributed by atoms with E-state index < -0.39 is 29.7 Å². The van der Waals surface area contributed by atoms with Crippen LogP contribution in [0.5, 0.6) is 0 Å². The minimum Gasteiger partial charge on any atom is -0.337 e. The third-order valence-electron chi connectivity index (χ3n) is 4.99. The maximum atomic E-state index is 13.0. The Morgan fingerprint density at radius 3 is 2.66 bits per heavy atom. The first-order valence-corrected chi connectivity index (χ1v) is 9.51. The summed E-state index contributed by atoms with van der Waals surface area (Å²) < 4.78 is 52.9. The van der Waals surface area contributed by atoms with Gasteiger partial charge in [0.15, 0.2) is 5.69 Å². The normalized spacial score (nSPS) is 16.6. The lowest BCUT2D eigenvalue weighted by atomic mass is 10.1. The van der Waals surface area contributed by atoms with Crippen LogP contribution in [0.1, 0.15) is 34.1 Å². The Morgan fingerprint density at radius 2 is 1.97 bits per heavy atom. The molecular weight excluding hydrogens is 434 g/mol. The van der Waals surface area contributed by atoms with Crippen LogP contribution in [0.15, 0.2) is 30.3 Å². The van der Waals surface area contributed by atoms with Crippen molar-refractivity contribution in [2.75, 3.05) is 11.9 Å². The molecule has 1 unspecified atom stereocenters. The van der Waals surface area contributed by atoms with E-state index in [0.717, 1.165) is 21.2 Å². The molecule has 1 aliphatic heterocycles. The van der Waals surface area contributed by atoms with Crippen LogP contribution in [0.4, 0.5) is 23.4 Å². The average molecular weight is 451 g/mol. The van der Waals surface area contributed by atoms with Gasteiger partial charge in [-0.05, 0) is 24.1 Å². The number of fused-ring (bicyclic) bond motifs is 1. The number of aromatic amines is 1. The molecule has 0 saturated carbocycles. The van der Waals surface area contributed by atoms with Crippen LogP contribution in [0.2, 0.25) is 0 Å². The van der Waals surface area contributed by atoms with Gasteiger partial charge in [0.1, 0.15) is 23.5 Å². The highest BCUT2D eigenvalue weighted by atomic mass is 19.4.